The van der Waals surface area contributed by atoms with Gasteiger partial charge in [-0.15, -0.1) is 0 Å². The number of rotatable bonds is 2. The Balaban J connectivity index is 3.34. The van der Waals surface area contributed by atoms with E-state index in [0.717, 1.165) is 4.47 Å². The van der Waals surface area contributed by atoms with Gasteiger partial charge >= 0.3 is 0 Å². The van der Waals surface area contributed by atoms with E-state index in [1.54, 1.807) is 6.07 Å². The van der Waals surface area contributed by atoms with Gasteiger partial charge in [-0.2, -0.15) is 0 Å². The van der Waals surface area contributed by atoms with Crippen molar-refractivity contribution in [1.82, 2.24) is 0 Å². The van der Waals surface area contributed by atoms with Crippen molar-refractivity contribution in [3.05, 3.63) is 38.7 Å². The van der Waals surface area contributed by atoms with E-state index in [2.05, 4.69) is 26.0 Å². The number of nitrogens with two attached hydrogens (primary N) is 1. The van der Waals surface area contributed by atoms with Gasteiger partial charge in [0.2, 0.25) is 5.91 Å². The van der Waals surface area contributed by atoms with Crippen molar-refractivity contribution in [2.24, 2.45) is 10.8 Å². The van der Waals surface area contributed by atoms with E-state index < -0.39 is 5.91 Å². The van der Waals surface area contributed by atoms with Gasteiger partial charge < -0.3 is 5.73 Å². The van der Waals surface area contributed by atoms with Gasteiger partial charge in [0.25, 0.3) is 0 Å². The van der Waals surface area contributed by atoms with Gasteiger partial charge in [0.05, 0.1) is 5.69 Å². The second-order valence-corrected chi connectivity index (χ2v) is 3.13. The maximum atomic E-state index is 10.8. The summed E-state index contributed by atoms with van der Waals surface area (Å²) >= 11 is 3.18. The molecule has 1 aromatic rings. The van der Waals surface area contributed by atoms with Crippen molar-refractivity contribution in [1.29, 1.82) is 0 Å². The molecule has 13 heavy (non-hydrogen) atoms. The van der Waals surface area contributed by atoms with Crippen LogP contribution in [-0.4, -0.2) is 5.91 Å². The third kappa shape index (κ3) is 2.21. The van der Waals surface area contributed by atoms with Gasteiger partial charge in [0, 0.05) is 14.9 Å². The molecule has 0 radical (unpaired) electrons. The minimum Gasteiger partial charge on any atom is -0.366 e. The minimum atomic E-state index is -0.616. The number of nitrogens with zero attached hydrogens (tertiary/aromatic N) is 3. The van der Waals surface area contributed by atoms with Crippen LogP contribution in [-0.2, 0) is 0 Å². The summed E-state index contributed by atoms with van der Waals surface area (Å²) in [7, 11) is 0. The molecule has 0 spiro atoms. The maximum absolute atomic E-state index is 10.8. The zero-order valence-electron chi connectivity index (χ0n) is 6.44. The molecule has 0 heterocycles. The fourth-order valence-electron chi connectivity index (χ4n) is 0.844. The number of amides is 1. The van der Waals surface area contributed by atoms with E-state index in [0.29, 0.717) is 0 Å². The van der Waals surface area contributed by atoms with E-state index in [4.69, 9.17) is 11.3 Å². The van der Waals surface area contributed by atoms with Gasteiger partial charge in [0.1, 0.15) is 0 Å². The molecule has 0 aromatic heterocycles. The summed E-state index contributed by atoms with van der Waals surface area (Å²) in [5.41, 5.74) is 13.7. The molecule has 0 bridgehead atoms. The Labute approximate surface area is 82.3 Å². The Bertz CT molecular complexity index is 397. The zero-order valence-corrected chi connectivity index (χ0v) is 8.02. The lowest BCUT2D eigenvalue weighted by Crippen LogP contribution is -2.10. The van der Waals surface area contributed by atoms with Crippen LogP contribution in [0, 0.1) is 0 Å². The van der Waals surface area contributed by atoms with Crippen molar-refractivity contribution in [3.63, 3.8) is 0 Å². The molecule has 6 heteroatoms. The van der Waals surface area contributed by atoms with Gasteiger partial charge in [-0.05, 0) is 23.7 Å². The second-order valence-electron chi connectivity index (χ2n) is 2.22. The Morgan fingerprint density at radius 3 is 2.85 bits per heavy atom. The largest absolute Gasteiger partial charge is 0.366 e. The van der Waals surface area contributed by atoms with E-state index in [-0.39, 0.29) is 11.3 Å². The van der Waals surface area contributed by atoms with Gasteiger partial charge in [-0.1, -0.05) is 21.0 Å². The first kappa shape index (κ1) is 9.57. The minimum absolute atomic E-state index is 0.209. The van der Waals surface area contributed by atoms with Crippen LogP contribution in [0.15, 0.2) is 27.8 Å². The van der Waals surface area contributed by atoms with Gasteiger partial charge in [-0.3, -0.25) is 4.79 Å². The van der Waals surface area contributed by atoms with E-state index in [1.165, 1.54) is 12.1 Å². The third-order valence-electron chi connectivity index (χ3n) is 1.38. The molecule has 0 fully saturated rings. The quantitative estimate of drug-likeness (QED) is 0.480. The lowest BCUT2D eigenvalue weighted by Gasteiger charge is -2.00. The Kier molecular flexibility index (Phi) is 2.89. The van der Waals surface area contributed by atoms with Crippen molar-refractivity contribution in [2.45, 2.75) is 0 Å². The van der Waals surface area contributed by atoms with Crippen LogP contribution in [0.5, 0.6) is 0 Å². The molecule has 0 saturated carbocycles. The average molecular weight is 241 g/mol. The molecular weight excluding hydrogens is 236 g/mol. The summed E-state index contributed by atoms with van der Waals surface area (Å²) in [4.78, 5) is 13.4. The number of halogens is 1. The lowest BCUT2D eigenvalue weighted by atomic mass is 10.2. The van der Waals surface area contributed by atoms with E-state index in [1.807, 2.05) is 0 Å². The first-order valence-electron chi connectivity index (χ1n) is 3.29. The number of primary amides is 1. The molecule has 1 rings (SSSR count). The van der Waals surface area contributed by atoms with Crippen LogP contribution < -0.4 is 5.73 Å². The van der Waals surface area contributed by atoms with Crippen LogP contribution in [0.4, 0.5) is 5.69 Å². The molecule has 0 aliphatic heterocycles. The zero-order chi connectivity index (χ0) is 9.84. The standard InChI is InChI=1S/C7H5BrN4O/c8-4-1-2-5(7(9)13)6(3-4)11-12-10/h1-3H,(H2,9,13). The highest BCUT2D eigenvalue weighted by Gasteiger charge is 2.06. The molecular formula is C7H5BrN4O. The number of carbonyl (C=O) groups is 1. The van der Waals surface area contributed by atoms with Gasteiger partial charge in [0.15, 0.2) is 0 Å². The second kappa shape index (κ2) is 3.93. The molecule has 0 saturated heterocycles. The normalized spacial score (nSPS) is 9.00. The first-order chi connectivity index (χ1) is 6.15. The number of carbonyl (C=O) groups excluding carboxylic acids is 1. The van der Waals surface area contributed by atoms with Crippen LogP contribution in [0.2, 0.25) is 0 Å². The summed E-state index contributed by atoms with van der Waals surface area (Å²) in [6.07, 6.45) is 0. The molecule has 0 aliphatic rings. The smallest absolute Gasteiger partial charge is 0.249 e. The van der Waals surface area contributed by atoms with Crippen molar-refractivity contribution >= 4 is 27.5 Å². The van der Waals surface area contributed by atoms with Crippen molar-refractivity contribution in [2.75, 3.05) is 0 Å². The molecule has 0 aliphatic carbocycles. The monoisotopic (exact) mass is 240 g/mol. The van der Waals surface area contributed by atoms with Crippen LogP contribution in [0.3, 0.4) is 0 Å². The fourth-order valence-corrected chi connectivity index (χ4v) is 1.19. The predicted octanol–water partition coefficient (Wildman–Crippen LogP) is 2.49. The highest BCUT2D eigenvalue weighted by molar-refractivity contribution is 9.10. The average Bonchev–Trinajstić information content (AvgIpc) is 2.04. The van der Waals surface area contributed by atoms with Gasteiger partial charge in [-0.25, -0.2) is 0 Å². The van der Waals surface area contributed by atoms with Crippen molar-refractivity contribution < 1.29 is 4.79 Å². The summed E-state index contributed by atoms with van der Waals surface area (Å²) in [5, 5.41) is 3.34. The third-order valence-corrected chi connectivity index (χ3v) is 1.87. The highest BCUT2D eigenvalue weighted by atomic mass is 79.9. The molecule has 5 nitrogen and oxygen atoms in total. The van der Waals surface area contributed by atoms with Crippen LogP contribution >= 0.6 is 15.9 Å². The summed E-state index contributed by atoms with van der Waals surface area (Å²) < 4.78 is 0.722. The Hall–Kier alpha value is -1.52. The van der Waals surface area contributed by atoms with E-state index in [9.17, 15) is 4.79 Å². The molecule has 66 valence electrons. The van der Waals surface area contributed by atoms with E-state index >= 15 is 0 Å². The maximum Gasteiger partial charge on any atom is 0.249 e. The lowest BCUT2D eigenvalue weighted by molar-refractivity contribution is 0.100. The molecule has 0 unspecified atom stereocenters. The Morgan fingerprint density at radius 1 is 1.62 bits per heavy atom. The molecule has 0 atom stereocenters. The SMILES string of the molecule is [N-]=[N+]=Nc1cc(Br)ccc1C(N)=O. The topological polar surface area (TPSA) is 91.8 Å². The van der Waals surface area contributed by atoms with Crippen molar-refractivity contribution in [3.8, 4) is 0 Å². The number of benzene rings is 1. The summed E-state index contributed by atoms with van der Waals surface area (Å²) in [6.45, 7) is 0. The number of hydrogen-bond donors (Lipinski definition) is 1. The predicted molar refractivity (Wildman–Crippen MR) is 51.5 cm³/mol. The van der Waals surface area contributed by atoms with Crippen LogP contribution in [0.25, 0.3) is 10.4 Å². The van der Waals surface area contributed by atoms with Crippen LogP contribution in [0.1, 0.15) is 10.4 Å². The number of hydrogen-bond acceptors (Lipinski definition) is 2. The Morgan fingerprint density at radius 2 is 2.31 bits per heavy atom. The first-order valence-corrected chi connectivity index (χ1v) is 4.09. The molecule has 1 aromatic carbocycles. The number of azide groups is 1. The highest BCUT2D eigenvalue weighted by Crippen LogP contribution is 2.23. The fraction of sp³-hybridized carbons (Fsp3) is 0. The molecule has 1 amide bonds. The molecule has 2 N–H and O–H groups in total. The summed E-state index contributed by atoms with van der Waals surface area (Å²) in [6, 6.07) is 4.67. The summed E-state index contributed by atoms with van der Waals surface area (Å²) in [5.74, 6) is -0.616.